The van der Waals surface area contributed by atoms with Crippen LogP contribution in [0.15, 0.2) is 39.9 Å². The van der Waals surface area contributed by atoms with Gasteiger partial charge in [-0.2, -0.15) is 5.10 Å². The predicted octanol–water partition coefficient (Wildman–Crippen LogP) is 2.44. The zero-order valence-electron chi connectivity index (χ0n) is 19.7. The van der Waals surface area contributed by atoms with Crippen molar-refractivity contribution in [2.45, 2.75) is 59.5 Å². The molecule has 1 amide bonds. The van der Waals surface area contributed by atoms with Crippen LogP contribution in [0, 0.1) is 13.8 Å². The summed E-state index contributed by atoms with van der Waals surface area (Å²) in [6.45, 7) is 6.42. The number of unbranched alkanes of at least 4 members (excludes halogenated alkanes) is 1. The van der Waals surface area contributed by atoms with Crippen LogP contribution in [-0.2, 0) is 31.4 Å². The van der Waals surface area contributed by atoms with E-state index in [0.29, 0.717) is 13.0 Å². The van der Waals surface area contributed by atoms with Crippen LogP contribution < -0.4 is 21.9 Å². The fourth-order valence-electron chi connectivity index (χ4n) is 3.98. The molecule has 0 spiro atoms. The number of carbonyl (C=O) groups excluding carboxylic acids is 1. The first-order valence-electron chi connectivity index (χ1n) is 11.2. The van der Waals surface area contributed by atoms with E-state index in [-0.39, 0.29) is 30.4 Å². The molecule has 3 aromatic rings. The number of anilines is 2. The van der Waals surface area contributed by atoms with Gasteiger partial charge in [0.2, 0.25) is 5.91 Å². The maximum atomic E-state index is 13.5. The minimum Gasteiger partial charge on any atom is -0.383 e. The van der Waals surface area contributed by atoms with E-state index >= 15 is 0 Å². The smallest absolute Gasteiger partial charge is 0.330 e. The number of hydrogen-bond acceptors (Lipinski definition) is 5. The lowest BCUT2D eigenvalue weighted by atomic mass is 10.1. The van der Waals surface area contributed by atoms with Gasteiger partial charge in [0.05, 0.1) is 12.2 Å². The minimum atomic E-state index is -0.664. The molecule has 0 atom stereocenters. The van der Waals surface area contributed by atoms with E-state index < -0.39 is 11.2 Å². The van der Waals surface area contributed by atoms with Crippen LogP contribution in [0.25, 0.3) is 0 Å². The van der Waals surface area contributed by atoms with Gasteiger partial charge >= 0.3 is 5.69 Å². The van der Waals surface area contributed by atoms with Gasteiger partial charge in [-0.3, -0.25) is 23.8 Å². The van der Waals surface area contributed by atoms with Crippen LogP contribution in [0.1, 0.15) is 48.7 Å². The number of nitrogens with one attached hydrogen (secondary N) is 1. The third kappa shape index (κ3) is 5.24. The van der Waals surface area contributed by atoms with Gasteiger partial charge in [0.25, 0.3) is 5.56 Å². The monoisotopic (exact) mass is 452 g/mol. The number of nitrogens with two attached hydrogens (primary N) is 1. The van der Waals surface area contributed by atoms with Crippen molar-refractivity contribution in [2.75, 3.05) is 10.6 Å². The number of hydrogen-bond donors (Lipinski definition) is 2. The highest BCUT2D eigenvalue weighted by Gasteiger charge is 2.25. The molecule has 0 saturated carbocycles. The molecule has 9 heteroatoms. The van der Waals surface area contributed by atoms with Crippen molar-refractivity contribution in [3.63, 3.8) is 0 Å². The first-order chi connectivity index (χ1) is 15.7. The number of rotatable bonds is 9. The first-order valence-corrected chi connectivity index (χ1v) is 11.2. The number of nitrogen functional groups attached to an aromatic ring is 1. The second-order valence-corrected chi connectivity index (χ2v) is 8.24. The van der Waals surface area contributed by atoms with Crippen molar-refractivity contribution < 1.29 is 4.79 Å². The molecule has 0 aliphatic carbocycles. The molecular formula is C24H32N6O3. The Balaban J connectivity index is 2.00. The van der Waals surface area contributed by atoms with Crippen molar-refractivity contribution in [3.05, 3.63) is 73.7 Å². The summed E-state index contributed by atoms with van der Waals surface area (Å²) >= 11 is 0. The van der Waals surface area contributed by atoms with Crippen LogP contribution in [0.3, 0.4) is 0 Å². The maximum Gasteiger partial charge on any atom is 0.330 e. The van der Waals surface area contributed by atoms with Crippen molar-refractivity contribution in [1.29, 1.82) is 0 Å². The number of nitrogens with zero attached hydrogens (tertiary/aromatic N) is 4. The Labute approximate surface area is 192 Å². The SMILES string of the molecule is CCCCn1c(N)c(N(Cc2ccccc2)C(=O)CCc2c(C)nn(C)c2C)c(=O)[nH]c1=O. The van der Waals surface area contributed by atoms with Crippen LogP contribution in [-0.4, -0.2) is 25.2 Å². The standard InChI is InChI=1S/C24H32N6O3/c1-5-6-14-29-22(25)21(23(32)26-24(29)33)30(15-18-10-8-7-9-11-18)20(31)13-12-19-16(2)27-28(4)17(19)3/h7-11H,5-6,12-15,25H2,1-4H3,(H,26,32,33). The molecule has 0 saturated heterocycles. The average molecular weight is 453 g/mol. The number of aryl methyl sites for hydroxylation is 2. The van der Waals surface area contributed by atoms with Gasteiger partial charge in [-0.15, -0.1) is 0 Å². The number of aromatic amines is 1. The number of aromatic nitrogens is 4. The molecule has 0 bridgehead atoms. The molecule has 9 nitrogen and oxygen atoms in total. The van der Waals surface area contributed by atoms with Gasteiger partial charge in [-0.25, -0.2) is 4.79 Å². The summed E-state index contributed by atoms with van der Waals surface area (Å²) in [5, 5.41) is 4.42. The quantitative estimate of drug-likeness (QED) is 0.517. The van der Waals surface area contributed by atoms with E-state index in [4.69, 9.17) is 5.73 Å². The molecule has 3 N–H and O–H groups in total. The van der Waals surface area contributed by atoms with E-state index in [1.165, 1.54) is 9.47 Å². The number of carbonyl (C=O) groups is 1. The Morgan fingerprint density at radius 3 is 2.48 bits per heavy atom. The lowest BCUT2D eigenvalue weighted by Gasteiger charge is -2.25. The van der Waals surface area contributed by atoms with Crippen molar-refractivity contribution in [3.8, 4) is 0 Å². The summed E-state index contributed by atoms with van der Waals surface area (Å²) in [4.78, 5) is 42.4. The number of benzene rings is 1. The molecule has 0 unspecified atom stereocenters. The Morgan fingerprint density at radius 1 is 1.18 bits per heavy atom. The van der Waals surface area contributed by atoms with E-state index in [0.717, 1.165) is 35.4 Å². The van der Waals surface area contributed by atoms with Gasteiger partial charge in [0, 0.05) is 25.7 Å². The minimum absolute atomic E-state index is 0.00946. The van der Waals surface area contributed by atoms with E-state index in [2.05, 4.69) is 10.1 Å². The summed E-state index contributed by atoms with van der Waals surface area (Å²) < 4.78 is 3.13. The summed E-state index contributed by atoms with van der Waals surface area (Å²) in [5.74, 6) is -0.241. The fourth-order valence-corrected chi connectivity index (χ4v) is 3.98. The number of H-pyrrole nitrogens is 1. The van der Waals surface area contributed by atoms with Crippen molar-refractivity contribution in [1.82, 2.24) is 19.3 Å². The molecule has 33 heavy (non-hydrogen) atoms. The van der Waals surface area contributed by atoms with Crippen molar-refractivity contribution in [2.24, 2.45) is 7.05 Å². The molecule has 0 fully saturated rings. The first kappa shape index (κ1) is 24.0. The highest BCUT2D eigenvalue weighted by atomic mass is 16.2. The van der Waals surface area contributed by atoms with Gasteiger partial charge in [-0.05, 0) is 37.8 Å². The maximum absolute atomic E-state index is 13.5. The summed E-state index contributed by atoms with van der Waals surface area (Å²) in [6.07, 6.45) is 2.24. The van der Waals surface area contributed by atoms with Crippen molar-refractivity contribution >= 4 is 17.4 Å². The van der Waals surface area contributed by atoms with Crippen LogP contribution in [0.2, 0.25) is 0 Å². The largest absolute Gasteiger partial charge is 0.383 e. The van der Waals surface area contributed by atoms with Gasteiger partial charge in [0.15, 0.2) is 5.69 Å². The molecular weight excluding hydrogens is 420 g/mol. The Bertz CT molecular complexity index is 1240. The zero-order chi connectivity index (χ0) is 24.1. The molecule has 176 valence electrons. The van der Waals surface area contributed by atoms with E-state index in [9.17, 15) is 14.4 Å². The molecule has 2 aromatic heterocycles. The molecule has 3 rings (SSSR count). The summed E-state index contributed by atoms with van der Waals surface area (Å²) in [6, 6.07) is 9.39. The van der Waals surface area contributed by atoms with Gasteiger partial charge < -0.3 is 10.6 Å². The average Bonchev–Trinajstić information content (AvgIpc) is 3.02. The second kappa shape index (κ2) is 10.3. The second-order valence-electron chi connectivity index (χ2n) is 8.24. The lowest BCUT2D eigenvalue weighted by molar-refractivity contribution is -0.118. The van der Waals surface area contributed by atoms with Gasteiger partial charge in [-0.1, -0.05) is 43.7 Å². The Hall–Kier alpha value is -3.62. The summed E-state index contributed by atoms with van der Waals surface area (Å²) in [5.41, 5.74) is 8.84. The Kier molecular flexibility index (Phi) is 7.52. The third-order valence-corrected chi connectivity index (χ3v) is 5.95. The molecule has 0 aliphatic rings. The Morgan fingerprint density at radius 2 is 1.88 bits per heavy atom. The predicted molar refractivity (Wildman–Crippen MR) is 129 cm³/mol. The molecule has 2 heterocycles. The van der Waals surface area contributed by atoms with Crippen LogP contribution >= 0.6 is 0 Å². The zero-order valence-corrected chi connectivity index (χ0v) is 19.7. The molecule has 0 aliphatic heterocycles. The normalized spacial score (nSPS) is 11.0. The van der Waals surface area contributed by atoms with Crippen LogP contribution in [0.4, 0.5) is 11.5 Å². The summed E-state index contributed by atoms with van der Waals surface area (Å²) in [7, 11) is 1.87. The van der Waals surface area contributed by atoms with E-state index in [1.807, 2.05) is 58.2 Å². The molecule has 0 radical (unpaired) electrons. The topological polar surface area (TPSA) is 119 Å². The van der Waals surface area contributed by atoms with E-state index in [1.54, 1.807) is 4.68 Å². The van der Waals surface area contributed by atoms with Crippen LogP contribution in [0.5, 0.6) is 0 Å². The number of amides is 1. The van der Waals surface area contributed by atoms with Gasteiger partial charge in [0.1, 0.15) is 5.82 Å². The highest BCUT2D eigenvalue weighted by molar-refractivity contribution is 5.95. The third-order valence-electron chi connectivity index (χ3n) is 5.95. The fraction of sp³-hybridized carbons (Fsp3) is 0.417. The highest BCUT2D eigenvalue weighted by Crippen LogP contribution is 2.22. The molecule has 1 aromatic carbocycles. The lowest BCUT2D eigenvalue weighted by Crippen LogP contribution is -2.41.